The Morgan fingerprint density at radius 3 is 2.37 bits per heavy atom. The number of nitrogens with zero attached hydrogens (tertiary/aromatic N) is 1. The highest BCUT2D eigenvalue weighted by atomic mass is 16.5. The molecule has 0 aliphatic carbocycles. The molecule has 1 saturated heterocycles. The van der Waals surface area contributed by atoms with E-state index in [1.807, 2.05) is 48.5 Å². The highest BCUT2D eigenvalue weighted by Gasteiger charge is 2.47. The normalized spacial score (nSPS) is 23.6. The van der Waals surface area contributed by atoms with Gasteiger partial charge in [0, 0.05) is 13.7 Å². The lowest BCUT2D eigenvalue weighted by Gasteiger charge is -2.49. The van der Waals surface area contributed by atoms with E-state index in [1.54, 1.807) is 24.0 Å². The molecule has 2 aromatic rings. The van der Waals surface area contributed by atoms with Gasteiger partial charge in [-0.25, -0.2) is 0 Å². The number of para-hydroxylation sites is 1. The molecule has 0 bridgehead atoms. The smallest absolute Gasteiger partial charge is 0.261 e. The fourth-order valence-corrected chi connectivity index (χ4v) is 3.79. The number of rotatable bonds is 7. The summed E-state index contributed by atoms with van der Waals surface area (Å²) < 4.78 is 10.6. The molecule has 2 N–H and O–H groups in total. The van der Waals surface area contributed by atoms with Crippen LogP contribution in [0.5, 0.6) is 5.75 Å². The summed E-state index contributed by atoms with van der Waals surface area (Å²) in [5, 5.41) is 13.9. The molecule has 0 aromatic heterocycles. The zero-order valence-electron chi connectivity index (χ0n) is 17.3. The van der Waals surface area contributed by atoms with Crippen molar-refractivity contribution in [3.8, 4) is 5.75 Å². The number of hydrogen-bond donors (Lipinski definition) is 2. The molecule has 0 saturated carbocycles. The second-order valence-electron chi connectivity index (χ2n) is 7.63. The van der Waals surface area contributed by atoms with E-state index in [0.29, 0.717) is 18.7 Å². The Hall–Kier alpha value is -2.90. The van der Waals surface area contributed by atoms with Crippen LogP contribution in [0, 0.1) is 0 Å². The number of amides is 2. The second-order valence-corrected chi connectivity index (χ2v) is 7.63. The van der Waals surface area contributed by atoms with Crippen LogP contribution in [0.3, 0.4) is 0 Å². The lowest BCUT2D eigenvalue weighted by Crippen LogP contribution is -2.64. The Labute approximate surface area is 176 Å². The van der Waals surface area contributed by atoms with E-state index in [0.717, 1.165) is 5.56 Å². The number of carbonyl (C=O) groups is 2. The van der Waals surface area contributed by atoms with Gasteiger partial charge in [0.25, 0.3) is 5.91 Å². The number of benzene rings is 2. The van der Waals surface area contributed by atoms with Crippen molar-refractivity contribution in [2.24, 2.45) is 0 Å². The SMILES string of the molecule is COCC(=O)N[C@H]1[C@H](c2ccccc2)N(C(=O)COc2ccccc2)CC[C@@]1(C)O. The van der Waals surface area contributed by atoms with Crippen LogP contribution in [0.2, 0.25) is 0 Å². The molecule has 7 nitrogen and oxygen atoms in total. The van der Waals surface area contributed by atoms with Gasteiger partial charge in [0.1, 0.15) is 12.4 Å². The fourth-order valence-electron chi connectivity index (χ4n) is 3.79. The monoisotopic (exact) mass is 412 g/mol. The Kier molecular flexibility index (Phi) is 7.07. The molecule has 0 unspecified atom stereocenters. The van der Waals surface area contributed by atoms with Gasteiger partial charge < -0.3 is 24.8 Å². The molecule has 3 rings (SSSR count). The Morgan fingerprint density at radius 1 is 1.10 bits per heavy atom. The van der Waals surface area contributed by atoms with Gasteiger partial charge in [-0.15, -0.1) is 0 Å². The second kappa shape index (κ2) is 9.73. The minimum atomic E-state index is -1.19. The molecular weight excluding hydrogens is 384 g/mol. The first kappa shape index (κ1) is 21.8. The van der Waals surface area contributed by atoms with Crippen molar-refractivity contribution in [1.82, 2.24) is 10.2 Å². The molecule has 3 atom stereocenters. The number of methoxy groups -OCH3 is 1. The Morgan fingerprint density at radius 2 is 1.73 bits per heavy atom. The molecule has 1 fully saturated rings. The molecule has 0 radical (unpaired) electrons. The van der Waals surface area contributed by atoms with Crippen molar-refractivity contribution >= 4 is 11.8 Å². The molecule has 1 aliphatic rings. The highest BCUT2D eigenvalue weighted by molar-refractivity contribution is 5.80. The van der Waals surface area contributed by atoms with Gasteiger partial charge in [-0.1, -0.05) is 48.5 Å². The van der Waals surface area contributed by atoms with Crippen molar-refractivity contribution < 1.29 is 24.2 Å². The van der Waals surface area contributed by atoms with Crippen LogP contribution in [-0.2, 0) is 14.3 Å². The lowest BCUT2D eigenvalue weighted by atomic mass is 9.79. The van der Waals surface area contributed by atoms with E-state index in [2.05, 4.69) is 5.32 Å². The number of hydrogen-bond acceptors (Lipinski definition) is 5. The number of aliphatic hydroxyl groups is 1. The summed E-state index contributed by atoms with van der Waals surface area (Å²) in [5.74, 6) is 0.0452. The summed E-state index contributed by atoms with van der Waals surface area (Å²) in [6.45, 7) is 1.77. The summed E-state index contributed by atoms with van der Waals surface area (Å²) >= 11 is 0. The van der Waals surface area contributed by atoms with Crippen molar-refractivity contribution in [2.75, 3.05) is 26.9 Å². The van der Waals surface area contributed by atoms with Gasteiger partial charge in [0.2, 0.25) is 5.91 Å². The van der Waals surface area contributed by atoms with Gasteiger partial charge in [-0.05, 0) is 31.0 Å². The average molecular weight is 412 g/mol. The van der Waals surface area contributed by atoms with Crippen LogP contribution < -0.4 is 10.1 Å². The summed E-state index contributed by atoms with van der Waals surface area (Å²) in [5.41, 5.74) is -0.366. The van der Waals surface area contributed by atoms with E-state index >= 15 is 0 Å². The minimum absolute atomic E-state index is 0.126. The third kappa shape index (κ3) is 5.17. The third-order valence-electron chi connectivity index (χ3n) is 5.34. The van der Waals surface area contributed by atoms with Crippen LogP contribution in [0.1, 0.15) is 24.9 Å². The number of carbonyl (C=O) groups excluding carboxylic acids is 2. The third-order valence-corrected chi connectivity index (χ3v) is 5.34. The standard InChI is InChI=1S/C23H28N2O5/c1-23(28)13-14-25(20(27)16-30-18-11-7-4-8-12-18)21(17-9-5-3-6-10-17)22(23)24-19(26)15-29-2/h3-12,21-22,28H,13-16H2,1-2H3,(H,24,26)/t21-,22-,23+/m0/s1. The van der Waals surface area contributed by atoms with Crippen LogP contribution in [0.25, 0.3) is 0 Å². The predicted octanol–water partition coefficient (Wildman–Crippen LogP) is 1.92. The van der Waals surface area contributed by atoms with Gasteiger partial charge in [0.05, 0.1) is 17.7 Å². The molecule has 0 spiro atoms. The summed E-state index contributed by atoms with van der Waals surface area (Å²) in [7, 11) is 1.43. The zero-order chi connectivity index (χ0) is 21.6. The first-order chi connectivity index (χ1) is 14.4. The van der Waals surface area contributed by atoms with Crippen LogP contribution >= 0.6 is 0 Å². The lowest BCUT2D eigenvalue weighted by molar-refractivity contribution is -0.148. The maximum Gasteiger partial charge on any atom is 0.261 e. The summed E-state index contributed by atoms with van der Waals surface area (Å²) in [4.78, 5) is 27.1. The van der Waals surface area contributed by atoms with E-state index in [9.17, 15) is 14.7 Å². The molecule has 2 amide bonds. The van der Waals surface area contributed by atoms with Gasteiger partial charge >= 0.3 is 0 Å². The van der Waals surface area contributed by atoms with Crippen LogP contribution in [-0.4, -0.2) is 60.3 Å². The maximum absolute atomic E-state index is 13.1. The predicted molar refractivity (Wildman–Crippen MR) is 112 cm³/mol. The number of piperidine rings is 1. The molecule has 160 valence electrons. The first-order valence-corrected chi connectivity index (χ1v) is 9.95. The molecule has 1 aliphatic heterocycles. The maximum atomic E-state index is 13.1. The summed E-state index contributed by atoms with van der Waals surface area (Å²) in [6, 6.07) is 17.3. The highest BCUT2D eigenvalue weighted by Crippen LogP contribution is 2.37. The van der Waals surface area contributed by atoms with Gasteiger partial charge in [-0.2, -0.15) is 0 Å². The van der Waals surface area contributed by atoms with Crippen molar-refractivity contribution in [3.05, 3.63) is 66.2 Å². The number of ether oxygens (including phenoxy) is 2. The van der Waals surface area contributed by atoms with E-state index < -0.39 is 17.7 Å². The summed E-state index contributed by atoms with van der Waals surface area (Å²) in [6.07, 6.45) is 0.325. The topological polar surface area (TPSA) is 88.1 Å². The van der Waals surface area contributed by atoms with Crippen molar-refractivity contribution in [1.29, 1.82) is 0 Å². The Balaban J connectivity index is 1.86. The quantitative estimate of drug-likeness (QED) is 0.726. The number of likely N-dealkylation sites (tertiary alicyclic amines) is 1. The molecule has 1 heterocycles. The fraction of sp³-hybridized carbons (Fsp3) is 0.391. The van der Waals surface area contributed by atoms with Crippen LogP contribution in [0.4, 0.5) is 0 Å². The van der Waals surface area contributed by atoms with E-state index in [4.69, 9.17) is 9.47 Å². The molecule has 30 heavy (non-hydrogen) atoms. The van der Waals surface area contributed by atoms with Gasteiger partial charge in [0.15, 0.2) is 6.61 Å². The average Bonchev–Trinajstić information content (AvgIpc) is 2.75. The van der Waals surface area contributed by atoms with Crippen molar-refractivity contribution in [2.45, 2.75) is 31.0 Å². The number of nitrogens with one attached hydrogen (secondary N) is 1. The minimum Gasteiger partial charge on any atom is -0.484 e. The van der Waals surface area contributed by atoms with Crippen molar-refractivity contribution in [3.63, 3.8) is 0 Å². The van der Waals surface area contributed by atoms with Gasteiger partial charge in [-0.3, -0.25) is 9.59 Å². The Bertz CT molecular complexity index is 841. The largest absolute Gasteiger partial charge is 0.484 e. The first-order valence-electron chi connectivity index (χ1n) is 9.95. The molecule has 2 aromatic carbocycles. The molecule has 7 heteroatoms. The van der Waals surface area contributed by atoms with E-state index in [-0.39, 0.29) is 25.0 Å². The van der Waals surface area contributed by atoms with Crippen LogP contribution in [0.15, 0.2) is 60.7 Å². The molecular formula is C23H28N2O5. The zero-order valence-corrected chi connectivity index (χ0v) is 17.3. The van der Waals surface area contributed by atoms with E-state index in [1.165, 1.54) is 7.11 Å².